The number of carbonyl (C=O) groups excluding carboxylic acids is 2. The van der Waals surface area contributed by atoms with E-state index in [-0.39, 0.29) is 11.8 Å². The van der Waals surface area contributed by atoms with Crippen molar-refractivity contribution in [2.45, 2.75) is 6.92 Å². The monoisotopic (exact) mass is 349 g/mol. The summed E-state index contributed by atoms with van der Waals surface area (Å²) in [7, 11) is 0. The topological polar surface area (TPSA) is 37.4 Å². The minimum absolute atomic E-state index is 0.323. The van der Waals surface area contributed by atoms with Crippen molar-refractivity contribution in [3.8, 4) is 0 Å². The highest BCUT2D eigenvalue weighted by Gasteiger charge is 2.37. The molecule has 0 aliphatic carbocycles. The number of aryl methyl sites for hydroxylation is 1. The number of rotatable bonds is 1. The van der Waals surface area contributed by atoms with E-state index in [4.69, 9.17) is 11.6 Å². The van der Waals surface area contributed by atoms with Crippen LogP contribution in [-0.4, -0.2) is 11.8 Å². The van der Waals surface area contributed by atoms with Gasteiger partial charge in [0.05, 0.1) is 16.8 Å². The number of fused-ring (bicyclic) bond motifs is 1. The van der Waals surface area contributed by atoms with Crippen LogP contribution in [0.5, 0.6) is 0 Å². The van der Waals surface area contributed by atoms with E-state index in [1.54, 1.807) is 30.3 Å². The van der Waals surface area contributed by atoms with Gasteiger partial charge in [0, 0.05) is 9.50 Å². The van der Waals surface area contributed by atoms with E-state index in [9.17, 15) is 9.59 Å². The predicted molar refractivity (Wildman–Crippen MR) is 81.5 cm³/mol. The molecule has 0 saturated carbocycles. The summed E-state index contributed by atoms with van der Waals surface area (Å²) in [6.07, 6.45) is 0. The molecule has 0 N–H and O–H groups in total. The number of imide groups is 1. The first-order valence-corrected chi connectivity index (χ1v) is 7.10. The molecule has 2 aromatic carbocycles. The lowest BCUT2D eigenvalue weighted by atomic mass is 10.1. The van der Waals surface area contributed by atoms with Crippen molar-refractivity contribution in [1.82, 2.24) is 0 Å². The quantitative estimate of drug-likeness (QED) is 0.722. The predicted octanol–water partition coefficient (Wildman–Crippen LogP) is 4.21. The maximum Gasteiger partial charge on any atom is 0.266 e. The molecule has 3 rings (SSSR count). The van der Waals surface area contributed by atoms with Gasteiger partial charge in [0.25, 0.3) is 11.8 Å². The first-order chi connectivity index (χ1) is 9.49. The molecule has 0 atom stereocenters. The third-order valence-corrected chi connectivity index (χ3v) is 4.10. The molecule has 5 heteroatoms. The smallest absolute Gasteiger partial charge is 0.266 e. The molecular formula is C15H9BrClNO2. The molecule has 0 unspecified atom stereocenters. The highest BCUT2D eigenvalue weighted by molar-refractivity contribution is 9.10. The van der Waals surface area contributed by atoms with Gasteiger partial charge in [0.15, 0.2) is 0 Å². The first-order valence-electron chi connectivity index (χ1n) is 5.93. The molecule has 2 amide bonds. The van der Waals surface area contributed by atoms with Crippen molar-refractivity contribution in [3.63, 3.8) is 0 Å². The minimum atomic E-state index is -0.326. The molecule has 0 radical (unpaired) electrons. The van der Waals surface area contributed by atoms with Crippen LogP contribution < -0.4 is 4.90 Å². The van der Waals surface area contributed by atoms with Crippen molar-refractivity contribution in [3.05, 3.63) is 62.6 Å². The van der Waals surface area contributed by atoms with Crippen LogP contribution in [0, 0.1) is 6.92 Å². The van der Waals surface area contributed by atoms with E-state index in [0.717, 1.165) is 10.5 Å². The standard InChI is InChI=1S/C15H9BrClNO2/c1-8-2-4-10-11(6-8)15(20)18(14(10)19)13-7-9(17)3-5-12(13)16/h2-7H,1H3. The molecule has 1 aliphatic heterocycles. The summed E-state index contributed by atoms with van der Waals surface area (Å²) in [4.78, 5) is 26.0. The molecule has 3 nitrogen and oxygen atoms in total. The van der Waals surface area contributed by atoms with Crippen LogP contribution >= 0.6 is 27.5 Å². The second kappa shape index (κ2) is 4.72. The van der Waals surface area contributed by atoms with Crippen molar-refractivity contribution in [1.29, 1.82) is 0 Å². The van der Waals surface area contributed by atoms with E-state index in [1.807, 2.05) is 13.0 Å². The lowest BCUT2D eigenvalue weighted by Crippen LogP contribution is -2.29. The van der Waals surface area contributed by atoms with Gasteiger partial charge >= 0.3 is 0 Å². The minimum Gasteiger partial charge on any atom is -0.268 e. The summed E-state index contributed by atoms with van der Waals surface area (Å²) < 4.78 is 0.646. The number of carbonyl (C=O) groups is 2. The molecule has 0 fully saturated rings. The summed E-state index contributed by atoms with van der Waals surface area (Å²) in [5, 5.41) is 0.468. The highest BCUT2D eigenvalue weighted by atomic mass is 79.9. The normalized spacial score (nSPS) is 13.8. The number of hydrogen-bond acceptors (Lipinski definition) is 2. The third-order valence-electron chi connectivity index (χ3n) is 3.19. The van der Waals surface area contributed by atoms with Crippen LogP contribution in [0.1, 0.15) is 26.3 Å². The molecule has 0 aromatic heterocycles. The Balaban J connectivity index is 2.16. The molecular weight excluding hydrogens is 342 g/mol. The van der Waals surface area contributed by atoms with Crippen molar-refractivity contribution in [2.75, 3.05) is 4.90 Å². The second-order valence-electron chi connectivity index (χ2n) is 4.59. The first kappa shape index (κ1) is 13.3. The van der Waals surface area contributed by atoms with Gasteiger partial charge in [-0.15, -0.1) is 0 Å². The fraction of sp³-hybridized carbons (Fsp3) is 0.0667. The fourth-order valence-corrected chi connectivity index (χ4v) is 2.82. The Kier molecular flexibility index (Phi) is 3.15. The number of nitrogens with zero attached hydrogens (tertiary/aromatic N) is 1. The average Bonchev–Trinajstić information content (AvgIpc) is 2.65. The Hall–Kier alpha value is -1.65. The third kappa shape index (κ3) is 1.96. The molecule has 0 bridgehead atoms. The summed E-state index contributed by atoms with van der Waals surface area (Å²) in [5.74, 6) is -0.648. The zero-order valence-electron chi connectivity index (χ0n) is 10.5. The largest absolute Gasteiger partial charge is 0.268 e. The number of halogens is 2. The summed E-state index contributed by atoms with van der Waals surface area (Å²) in [5.41, 5.74) is 2.26. The van der Waals surface area contributed by atoms with Crippen molar-refractivity contribution in [2.24, 2.45) is 0 Å². The lowest BCUT2D eigenvalue weighted by Gasteiger charge is -2.15. The van der Waals surface area contributed by atoms with Crippen LogP contribution in [0.2, 0.25) is 5.02 Å². The molecule has 0 spiro atoms. The van der Waals surface area contributed by atoms with Crippen molar-refractivity contribution >= 4 is 45.0 Å². The number of hydrogen-bond donors (Lipinski definition) is 0. The summed E-state index contributed by atoms with van der Waals surface area (Å²) >= 11 is 9.31. The second-order valence-corrected chi connectivity index (χ2v) is 5.88. The molecule has 100 valence electrons. The van der Waals surface area contributed by atoms with Gasteiger partial charge < -0.3 is 0 Å². The fourth-order valence-electron chi connectivity index (χ4n) is 2.23. The SMILES string of the molecule is Cc1ccc2c(c1)C(=O)N(c1cc(Cl)ccc1Br)C2=O. The zero-order chi connectivity index (χ0) is 14.4. The Morgan fingerprint density at radius 1 is 1.00 bits per heavy atom. The van der Waals surface area contributed by atoms with Gasteiger partial charge in [0.2, 0.25) is 0 Å². The number of benzene rings is 2. The van der Waals surface area contributed by atoms with E-state index in [2.05, 4.69) is 15.9 Å². The zero-order valence-corrected chi connectivity index (χ0v) is 12.8. The van der Waals surface area contributed by atoms with E-state index < -0.39 is 0 Å². The van der Waals surface area contributed by atoms with Gasteiger partial charge in [-0.05, 0) is 53.2 Å². The van der Waals surface area contributed by atoms with Crippen LogP contribution in [-0.2, 0) is 0 Å². The number of anilines is 1. The molecule has 0 saturated heterocycles. The maximum atomic E-state index is 12.5. The van der Waals surface area contributed by atoms with E-state index in [1.165, 1.54) is 0 Å². The van der Waals surface area contributed by atoms with Crippen LogP contribution in [0.25, 0.3) is 0 Å². The van der Waals surface area contributed by atoms with E-state index in [0.29, 0.717) is 26.3 Å². The molecule has 1 aliphatic rings. The maximum absolute atomic E-state index is 12.5. The average molecular weight is 351 g/mol. The van der Waals surface area contributed by atoms with Gasteiger partial charge in [-0.25, -0.2) is 4.90 Å². The van der Waals surface area contributed by atoms with Crippen LogP contribution in [0.15, 0.2) is 40.9 Å². The van der Waals surface area contributed by atoms with E-state index >= 15 is 0 Å². The molecule has 20 heavy (non-hydrogen) atoms. The van der Waals surface area contributed by atoms with Gasteiger partial charge in [-0.2, -0.15) is 0 Å². The Morgan fingerprint density at radius 2 is 1.70 bits per heavy atom. The molecule has 1 heterocycles. The van der Waals surface area contributed by atoms with Gasteiger partial charge in [0.1, 0.15) is 0 Å². The summed E-state index contributed by atoms with van der Waals surface area (Å²) in [6.45, 7) is 1.88. The Bertz CT molecular complexity index is 758. The van der Waals surface area contributed by atoms with Crippen molar-refractivity contribution < 1.29 is 9.59 Å². The van der Waals surface area contributed by atoms with Gasteiger partial charge in [-0.1, -0.05) is 23.2 Å². The Labute approximate surface area is 129 Å². The Morgan fingerprint density at radius 3 is 2.45 bits per heavy atom. The highest BCUT2D eigenvalue weighted by Crippen LogP contribution is 2.35. The summed E-state index contributed by atoms with van der Waals surface area (Å²) in [6, 6.07) is 10.2. The number of amides is 2. The van der Waals surface area contributed by atoms with Crippen LogP contribution in [0.4, 0.5) is 5.69 Å². The molecule has 2 aromatic rings. The lowest BCUT2D eigenvalue weighted by molar-refractivity contribution is 0.0926. The van der Waals surface area contributed by atoms with Gasteiger partial charge in [-0.3, -0.25) is 9.59 Å². The van der Waals surface area contributed by atoms with Crippen LogP contribution in [0.3, 0.4) is 0 Å².